The largest absolute Gasteiger partial charge is 0.306 e. The Morgan fingerprint density at radius 2 is 2.13 bits per heavy atom. The van der Waals surface area contributed by atoms with E-state index in [0.717, 1.165) is 6.54 Å². The summed E-state index contributed by atoms with van der Waals surface area (Å²) in [5.74, 6) is 0. The van der Waals surface area contributed by atoms with Crippen LogP contribution in [0.15, 0.2) is 41.4 Å². The summed E-state index contributed by atoms with van der Waals surface area (Å²) in [6.07, 6.45) is 3.65. The summed E-state index contributed by atoms with van der Waals surface area (Å²) in [7, 11) is 0. The molecule has 0 aliphatic heterocycles. The molecule has 1 unspecified atom stereocenters. The molecule has 0 saturated heterocycles. The van der Waals surface area contributed by atoms with Gasteiger partial charge in [0.2, 0.25) is 0 Å². The number of pyridine rings is 1. The number of rotatable bonds is 4. The molecule has 0 aromatic carbocycles. The molecule has 0 bridgehead atoms. The minimum Gasteiger partial charge on any atom is -0.306 e. The maximum Gasteiger partial charge on any atom is 0.0303 e. The van der Waals surface area contributed by atoms with Gasteiger partial charge in [0, 0.05) is 25.0 Å². The van der Waals surface area contributed by atoms with Crippen LogP contribution in [0.25, 0.3) is 0 Å². The number of hydrogen-bond acceptors (Lipinski definition) is 3. The average molecular weight is 218 g/mol. The lowest BCUT2D eigenvalue weighted by atomic mass is 10.1. The van der Waals surface area contributed by atoms with Crippen molar-refractivity contribution in [2.75, 3.05) is 0 Å². The van der Waals surface area contributed by atoms with E-state index in [4.69, 9.17) is 0 Å². The Hall–Kier alpha value is -1.19. The fourth-order valence-corrected chi connectivity index (χ4v) is 2.16. The van der Waals surface area contributed by atoms with Gasteiger partial charge in [-0.15, -0.1) is 0 Å². The minimum absolute atomic E-state index is 0.407. The van der Waals surface area contributed by atoms with Crippen LogP contribution in [0.4, 0.5) is 0 Å². The Balaban J connectivity index is 1.89. The van der Waals surface area contributed by atoms with Gasteiger partial charge in [-0.05, 0) is 47.0 Å². The SMILES string of the molecule is CC(NCc1ccncc1)c1ccsc1. The van der Waals surface area contributed by atoms with Crippen LogP contribution in [0.3, 0.4) is 0 Å². The van der Waals surface area contributed by atoms with Gasteiger partial charge in [-0.25, -0.2) is 0 Å². The Morgan fingerprint density at radius 1 is 1.33 bits per heavy atom. The summed E-state index contributed by atoms with van der Waals surface area (Å²) in [6, 6.07) is 6.64. The molecule has 0 radical (unpaired) electrons. The van der Waals surface area contributed by atoms with Crippen molar-refractivity contribution in [2.45, 2.75) is 19.5 Å². The van der Waals surface area contributed by atoms with E-state index in [2.05, 4.69) is 34.1 Å². The Kier molecular flexibility index (Phi) is 3.48. The quantitative estimate of drug-likeness (QED) is 0.853. The van der Waals surface area contributed by atoms with Crippen molar-refractivity contribution in [3.8, 4) is 0 Å². The number of hydrogen-bond donors (Lipinski definition) is 1. The molecule has 2 rings (SSSR count). The Bertz CT molecular complexity index is 383. The van der Waals surface area contributed by atoms with E-state index < -0.39 is 0 Å². The molecule has 0 aliphatic carbocycles. The molecular formula is C12H14N2S. The van der Waals surface area contributed by atoms with Crippen molar-refractivity contribution in [1.82, 2.24) is 10.3 Å². The minimum atomic E-state index is 0.407. The molecule has 0 amide bonds. The number of thiophene rings is 1. The van der Waals surface area contributed by atoms with E-state index >= 15 is 0 Å². The third-order valence-corrected chi connectivity index (χ3v) is 3.11. The molecule has 2 aromatic rings. The zero-order valence-corrected chi connectivity index (χ0v) is 9.50. The van der Waals surface area contributed by atoms with Crippen LogP contribution < -0.4 is 5.32 Å². The lowest BCUT2D eigenvalue weighted by Crippen LogP contribution is -2.17. The standard InChI is InChI=1S/C12H14N2S/c1-10(12-4-7-15-9-12)14-8-11-2-5-13-6-3-11/h2-7,9-10,14H,8H2,1H3. The van der Waals surface area contributed by atoms with Crippen LogP contribution in [0.5, 0.6) is 0 Å². The lowest BCUT2D eigenvalue weighted by molar-refractivity contribution is 0.576. The summed E-state index contributed by atoms with van der Waals surface area (Å²) in [6.45, 7) is 3.07. The van der Waals surface area contributed by atoms with E-state index in [-0.39, 0.29) is 0 Å². The highest BCUT2D eigenvalue weighted by Gasteiger charge is 2.04. The molecule has 2 heterocycles. The lowest BCUT2D eigenvalue weighted by Gasteiger charge is -2.12. The molecule has 1 N–H and O–H groups in total. The van der Waals surface area contributed by atoms with E-state index in [1.165, 1.54) is 11.1 Å². The zero-order chi connectivity index (χ0) is 10.5. The average Bonchev–Trinajstić information content (AvgIpc) is 2.81. The number of aromatic nitrogens is 1. The second kappa shape index (κ2) is 5.05. The molecular weight excluding hydrogens is 204 g/mol. The topological polar surface area (TPSA) is 24.9 Å². The summed E-state index contributed by atoms with van der Waals surface area (Å²) in [5.41, 5.74) is 2.63. The van der Waals surface area contributed by atoms with Crippen LogP contribution in [0.2, 0.25) is 0 Å². The van der Waals surface area contributed by atoms with Gasteiger partial charge < -0.3 is 5.32 Å². The van der Waals surface area contributed by atoms with Crippen LogP contribution in [-0.4, -0.2) is 4.98 Å². The first-order valence-corrected chi connectivity index (χ1v) is 5.95. The predicted molar refractivity (Wildman–Crippen MR) is 63.8 cm³/mol. The van der Waals surface area contributed by atoms with Crippen molar-refractivity contribution in [2.24, 2.45) is 0 Å². The second-order valence-corrected chi connectivity index (χ2v) is 4.29. The van der Waals surface area contributed by atoms with Gasteiger partial charge >= 0.3 is 0 Å². The molecule has 1 atom stereocenters. The van der Waals surface area contributed by atoms with Crippen molar-refractivity contribution < 1.29 is 0 Å². The predicted octanol–water partition coefficient (Wildman–Crippen LogP) is 2.99. The maximum atomic E-state index is 4.00. The maximum absolute atomic E-state index is 4.00. The second-order valence-electron chi connectivity index (χ2n) is 3.51. The number of nitrogens with one attached hydrogen (secondary N) is 1. The van der Waals surface area contributed by atoms with Crippen molar-refractivity contribution in [3.63, 3.8) is 0 Å². The summed E-state index contributed by atoms with van der Waals surface area (Å²) in [5, 5.41) is 7.78. The van der Waals surface area contributed by atoms with Crippen molar-refractivity contribution in [3.05, 3.63) is 52.5 Å². The summed E-state index contributed by atoms with van der Waals surface area (Å²) in [4.78, 5) is 4.00. The fourth-order valence-electron chi connectivity index (χ4n) is 1.41. The molecule has 15 heavy (non-hydrogen) atoms. The third kappa shape index (κ3) is 2.88. The molecule has 2 aromatic heterocycles. The van der Waals surface area contributed by atoms with E-state index in [1.54, 1.807) is 11.3 Å². The van der Waals surface area contributed by atoms with Gasteiger partial charge in [0.25, 0.3) is 0 Å². The highest BCUT2D eigenvalue weighted by Crippen LogP contribution is 2.15. The monoisotopic (exact) mass is 218 g/mol. The van der Waals surface area contributed by atoms with Crippen LogP contribution in [0.1, 0.15) is 24.1 Å². The fraction of sp³-hybridized carbons (Fsp3) is 0.250. The van der Waals surface area contributed by atoms with E-state index in [0.29, 0.717) is 6.04 Å². The van der Waals surface area contributed by atoms with Gasteiger partial charge in [0.15, 0.2) is 0 Å². The molecule has 2 nitrogen and oxygen atoms in total. The van der Waals surface area contributed by atoms with Gasteiger partial charge in [0.1, 0.15) is 0 Å². The van der Waals surface area contributed by atoms with Gasteiger partial charge in [-0.1, -0.05) is 0 Å². The van der Waals surface area contributed by atoms with Crippen molar-refractivity contribution in [1.29, 1.82) is 0 Å². The van der Waals surface area contributed by atoms with E-state index in [1.807, 2.05) is 24.5 Å². The zero-order valence-electron chi connectivity index (χ0n) is 8.68. The highest BCUT2D eigenvalue weighted by molar-refractivity contribution is 7.07. The smallest absolute Gasteiger partial charge is 0.0303 e. The summed E-state index contributed by atoms with van der Waals surface area (Å²) >= 11 is 1.74. The Labute approximate surface area is 94.0 Å². The first kappa shape index (κ1) is 10.3. The molecule has 0 saturated carbocycles. The molecule has 0 aliphatic rings. The number of nitrogens with zero attached hydrogens (tertiary/aromatic N) is 1. The van der Waals surface area contributed by atoms with Gasteiger partial charge in [-0.3, -0.25) is 4.98 Å². The Morgan fingerprint density at radius 3 is 2.80 bits per heavy atom. The molecule has 0 fully saturated rings. The first-order valence-electron chi connectivity index (χ1n) is 5.00. The van der Waals surface area contributed by atoms with Crippen LogP contribution >= 0.6 is 11.3 Å². The van der Waals surface area contributed by atoms with Gasteiger partial charge in [-0.2, -0.15) is 11.3 Å². The normalized spacial score (nSPS) is 12.6. The summed E-state index contributed by atoms with van der Waals surface area (Å²) < 4.78 is 0. The van der Waals surface area contributed by atoms with E-state index in [9.17, 15) is 0 Å². The molecule has 3 heteroatoms. The highest BCUT2D eigenvalue weighted by atomic mass is 32.1. The molecule has 78 valence electrons. The van der Waals surface area contributed by atoms with Crippen LogP contribution in [0, 0.1) is 0 Å². The van der Waals surface area contributed by atoms with Crippen LogP contribution in [-0.2, 0) is 6.54 Å². The van der Waals surface area contributed by atoms with Crippen molar-refractivity contribution >= 4 is 11.3 Å². The van der Waals surface area contributed by atoms with Gasteiger partial charge in [0.05, 0.1) is 0 Å². The molecule has 0 spiro atoms. The third-order valence-electron chi connectivity index (χ3n) is 2.40. The first-order chi connectivity index (χ1) is 7.36.